The van der Waals surface area contributed by atoms with Crippen LogP contribution in [0.3, 0.4) is 0 Å². The Kier molecular flexibility index (Phi) is 3.15. The lowest BCUT2D eigenvalue weighted by molar-refractivity contribution is -0.0933. The van der Waals surface area contributed by atoms with Crippen LogP contribution in [0.15, 0.2) is 29.4 Å². The van der Waals surface area contributed by atoms with Crippen LogP contribution in [0.5, 0.6) is 0 Å². The highest BCUT2D eigenvalue weighted by Gasteiger charge is 2.38. The number of hydrogen-bond acceptors (Lipinski definition) is 3. The van der Waals surface area contributed by atoms with Crippen LogP contribution in [-0.4, -0.2) is 23.2 Å². The molecule has 1 aromatic rings. The van der Waals surface area contributed by atoms with Gasteiger partial charge < -0.3 is 4.84 Å². The average Bonchev–Trinajstić information content (AvgIpc) is 2.29. The molecule has 1 atom stereocenters. The summed E-state index contributed by atoms with van der Waals surface area (Å²) in [4.78, 5) is 7.70. The van der Waals surface area contributed by atoms with Gasteiger partial charge in [-0.25, -0.2) is 0 Å². The molecule has 4 heteroatoms. The van der Waals surface area contributed by atoms with Gasteiger partial charge >= 0.3 is 0 Å². The second kappa shape index (κ2) is 4.31. The molecule has 1 heterocycles. The Morgan fingerprint density at radius 2 is 1.88 bits per heavy atom. The van der Waals surface area contributed by atoms with Gasteiger partial charge in [-0.2, -0.15) is 0 Å². The van der Waals surface area contributed by atoms with Crippen LogP contribution in [0.1, 0.15) is 32.6 Å². The third-order valence-corrected chi connectivity index (χ3v) is 3.82. The fourth-order valence-corrected chi connectivity index (χ4v) is 1.90. The maximum atomic E-state index is 5.88. The first kappa shape index (κ1) is 12.4. The summed E-state index contributed by atoms with van der Waals surface area (Å²) in [5, 5.41) is 4.88. The number of rotatable bonds is 1. The Morgan fingerprint density at radius 1 is 1.29 bits per heavy atom. The fourth-order valence-electron chi connectivity index (χ4n) is 1.77. The molecule has 3 nitrogen and oxygen atoms in total. The molecule has 0 saturated heterocycles. The first-order chi connectivity index (χ1) is 7.93. The molecule has 0 amide bonds. The van der Waals surface area contributed by atoms with Crippen LogP contribution in [0.2, 0.25) is 5.02 Å². The van der Waals surface area contributed by atoms with Gasteiger partial charge in [0.2, 0.25) is 6.23 Å². The molecule has 2 rings (SSSR count). The number of nitrogens with zero attached hydrogens (tertiary/aromatic N) is 2. The maximum absolute atomic E-state index is 5.88. The summed E-state index contributed by atoms with van der Waals surface area (Å²) >= 11 is 5.88. The molecular formula is C13H17ClN2O. The molecule has 0 aromatic heterocycles. The van der Waals surface area contributed by atoms with E-state index in [1.54, 1.807) is 0 Å². The molecule has 1 aliphatic rings. The van der Waals surface area contributed by atoms with E-state index in [4.69, 9.17) is 16.4 Å². The van der Waals surface area contributed by atoms with Crippen molar-refractivity contribution < 1.29 is 4.84 Å². The zero-order valence-electron chi connectivity index (χ0n) is 10.6. The maximum Gasteiger partial charge on any atom is 0.207 e. The molecule has 92 valence electrons. The summed E-state index contributed by atoms with van der Waals surface area (Å²) in [5.74, 6) is 0. The van der Waals surface area contributed by atoms with Gasteiger partial charge in [0, 0.05) is 10.6 Å². The predicted octanol–water partition coefficient (Wildman–Crippen LogP) is 3.46. The molecule has 1 aliphatic heterocycles. The topological polar surface area (TPSA) is 24.8 Å². The van der Waals surface area contributed by atoms with Gasteiger partial charge in [0.15, 0.2) is 0 Å². The molecule has 0 radical (unpaired) electrons. The lowest BCUT2D eigenvalue weighted by Crippen LogP contribution is -2.51. The molecule has 0 saturated carbocycles. The van der Waals surface area contributed by atoms with E-state index in [-0.39, 0.29) is 11.8 Å². The summed E-state index contributed by atoms with van der Waals surface area (Å²) in [6, 6.07) is 7.67. The second-order valence-electron chi connectivity index (χ2n) is 4.86. The highest BCUT2D eigenvalue weighted by Crippen LogP contribution is 2.33. The molecule has 17 heavy (non-hydrogen) atoms. The van der Waals surface area contributed by atoms with E-state index in [0.29, 0.717) is 0 Å². The van der Waals surface area contributed by atoms with Gasteiger partial charge in [-0.3, -0.25) is 4.90 Å². The van der Waals surface area contributed by atoms with E-state index in [2.05, 4.69) is 23.9 Å². The molecule has 0 N–H and O–H groups in total. The van der Waals surface area contributed by atoms with Crippen molar-refractivity contribution in [2.45, 2.75) is 32.5 Å². The number of hydrogen-bond donors (Lipinski definition) is 0. The lowest BCUT2D eigenvalue weighted by atomic mass is 9.95. The molecule has 0 spiro atoms. The monoisotopic (exact) mass is 252 g/mol. The standard InChI is InChI=1S/C13H17ClN2O/c1-9-13(2,3)16(4)12(17-15-9)10-5-7-11(14)8-6-10/h5-8,12H,1-4H3/t12-/m1/s1. The van der Waals surface area contributed by atoms with Crippen molar-refractivity contribution in [3.8, 4) is 0 Å². The molecule has 1 aromatic carbocycles. The van der Waals surface area contributed by atoms with Crippen LogP contribution >= 0.6 is 11.6 Å². The van der Waals surface area contributed by atoms with Gasteiger partial charge in [0.25, 0.3) is 0 Å². The Morgan fingerprint density at radius 3 is 2.47 bits per heavy atom. The van der Waals surface area contributed by atoms with Crippen molar-refractivity contribution in [1.82, 2.24) is 4.90 Å². The first-order valence-electron chi connectivity index (χ1n) is 5.62. The van der Waals surface area contributed by atoms with Crippen LogP contribution < -0.4 is 0 Å². The third-order valence-electron chi connectivity index (χ3n) is 3.56. The van der Waals surface area contributed by atoms with Crippen molar-refractivity contribution in [1.29, 1.82) is 0 Å². The normalized spacial score (nSPS) is 24.1. The van der Waals surface area contributed by atoms with Crippen molar-refractivity contribution in [3.63, 3.8) is 0 Å². The zero-order chi connectivity index (χ0) is 12.6. The third kappa shape index (κ3) is 2.17. The van der Waals surface area contributed by atoms with Crippen molar-refractivity contribution >= 4 is 17.3 Å². The van der Waals surface area contributed by atoms with Crippen LogP contribution in [0, 0.1) is 0 Å². The summed E-state index contributed by atoms with van der Waals surface area (Å²) in [7, 11) is 2.04. The van der Waals surface area contributed by atoms with Crippen molar-refractivity contribution in [2.75, 3.05) is 7.05 Å². The Bertz CT molecular complexity index is 439. The van der Waals surface area contributed by atoms with E-state index in [1.807, 2.05) is 38.2 Å². The molecule has 0 unspecified atom stereocenters. The second-order valence-corrected chi connectivity index (χ2v) is 5.29. The molecular weight excluding hydrogens is 236 g/mol. The average molecular weight is 253 g/mol. The lowest BCUT2D eigenvalue weighted by Gasteiger charge is -2.42. The van der Waals surface area contributed by atoms with Gasteiger partial charge in [0.1, 0.15) is 0 Å². The highest BCUT2D eigenvalue weighted by atomic mass is 35.5. The summed E-state index contributed by atoms with van der Waals surface area (Å²) < 4.78 is 0. The first-order valence-corrected chi connectivity index (χ1v) is 6.00. The summed E-state index contributed by atoms with van der Waals surface area (Å²) in [6.45, 7) is 6.25. The van der Waals surface area contributed by atoms with E-state index in [0.717, 1.165) is 16.3 Å². The largest absolute Gasteiger partial charge is 0.371 e. The van der Waals surface area contributed by atoms with Gasteiger partial charge in [-0.1, -0.05) is 28.9 Å². The molecule has 0 bridgehead atoms. The van der Waals surface area contributed by atoms with Crippen LogP contribution in [0.25, 0.3) is 0 Å². The number of halogens is 1. The van der Waals surface area contributed by atoms with E-state index in [1.165, 1.54) is 0 Å². The minimum Gasteiger partial charge on any atom is -0.371 e. The van der Waals surface area contributed by atoms with Crippen LogP contribution in [-0.2, 0) is 4.84 Å². The fraction of sp³-hybridized carbons (Fsp3) is 0.462. The molecule has 0 fully saturated rings. The van der Waals surface area contributed by atoms with Crippen molar-refractivity contribution in [2.24, 2.45) is 5.16 Å². The Labute approximate surface area is 107 Å². The minimum absolute atomic E-state index is 0.109. The van der Waals surface area contributed by atoms with E-state index < -0.39 is 0 Å². The Balaban J connectivity index is 2.33. The van der Waals surface area contributed by atoms with Gasteiger partial charge in [0.05, 0.1) is 11.3 Å². The number of oxime groups is 1. The summed E-state index contributed by atoms with van der Waals surface area (Å²) in [5.41, 5.74) is 1.93. The quantitative estimate of drug-likeness (QED) is 0.765. The smallest absolute Gasteiger partial charge is 0.207 e. The van der Waals surface area contributed by atoms with E-state index >= 15 is 0 Å². The van der Waals surface area contributed by atoms with Gasteiger partial charge in [-0.05, 0) is 40.0 Å². The predicted molar refractivity (Wildman–Crippen MR) is 70.2 cm³/mol. The number of benzene rings is 1. The van der Waals surface area contributed by atoms with Crippen molar-refractivity contribution in [3.05, 3.63) is 34.9 Å². The Hall–Kier alpha value is -1.06. The minimum atomic E-state index is -0.161. The SMILES string of the molecule is CC1=NO[C@H](c2ccc(Cl)cc2)N(C)C1(C)C. The highest BCUT2D eigenvalue weighted by molar-refractivity contribution is 6.30. The van der Waals surface area contributed by atoms with Crippen LogP contribution in [0.4, 0.5) is 0 Å². The van der Waals surface area contributed by atoms with Gasteiger partial charge in [-0.15, -0.1) is 0 Å². The summed E-state index contributed by atoms with van der Waals surface area (Å²) in [6.07, 6.45) is -0.161. The van der Waals surface area contributed by atoms with E-state index in [9.17, 15) is 0 Å². The zero-order valence-corrected chi connectivity index (χ0v) is 11.3. The molecule has 0 aliphatic carbocycles.